The van der Waals surface area contributed by atoms with Gasteiger partial charge in [-0.1, -0.05) is 18.2 Å². The average molecular weight is 306 g/mol. The number of carbonyl (C=O) groups excluding carboxylic acids is 1. The zero-order chi connectivity index (χ0) is 15.2. The van der Waals surface area contributed by atoms with E-state index in [1.165, 1.54) is 23.2 Å². The smallest absolute Gasteiger partial charge is 0.272 e. The lowest BCUT2D eigenvalue weighted by atomic mass is 10.2. The van der Waals surface area contributed by atoms with Crippen molar-refractivity contribution in [1.82, 2.24) is 4.98 Å². The van der Waals surface area contributed by atoms with E-state index in [2.05, 4.69) is 4.98 Å². The summed E-state index contributed by atoms with van der Waals surface area (Å²) < 4.78 is 0. The van der Waals surface area contributed by atoms with Crippen LogP contribution in [0.5, 0.6) is 0 Å². The zero-order valence-corrected chi connectivity index (χ0v) is 11.7. The number of carbonyl (C=O) groups is 1. The topological polar surface area (TPSA) is 76.3 Å². The first-order valence-electron chi connectivity index (χ1n) is 6.13. The second-order valence-electron chi connectivity index (χ2n) is 4.26. The number of halogens is 1. The number of hydrogen-bond donors (Lipinski definition) is 0. The molecule has 1 heterocycles. The first-order chi connectivity index (χ1) is 10.1. The number of benzene rings is 1. The quantitative estimate of drug-likeness (QED) is 0.356. The van der Waals surface area contributed by atoms with Gasteiger partial charge in [0, 0.05) is 30.6 Å². The summed E-state index contributed by atoms with van der Waals surface area (Å²) in [5.41, 5.74) is 0.972. The van der Waals surface area contributed by atoms with Crippen LogP contribution in [0.1, 0.15) is 11.1 Å². The van der Waals surface area contributed by atoms with Crippen molar-refractivity contribution in [2.45, 2.75) is 5.38 Å². The van der Waals surface area contributed by atoms with Crippen molar-refractivity contribution in [3.05, 3.63) is 64.5 Å². The van der Waals surface area contributed by atoms with Crippen molar-refractivity contribution < 1.29 is 9.72 Å². The van der Waals surface area contributed by atoms with Gasteiger partial charge in [-0.3, -0.25) is 19.9 Å². The molecule has 0 bridgehead atoms. The standard InChI is InChI=1S/C14H12ClN3O3/c15-13(14-8-12(18(20)21)6-7-16-14)9-17(10-19)11-4-2-1-3-5-11/h1-8,10,13H,9H2. The molecule has 1 amide bonds. The average Bonchev–Trinajstić information content (AvgIpc) is 2.53. The number of pyridine rings is 1. The van der Waals surface area contributed by atoms with Crippen LogP contribution >= 0.6 is 11.6 Å². The van der Waals surface area contributed by atoms with Crippen LogP contribution in [0.15, 0.2) is 48.7 Å². The summed E-state index contributed by atoms with van der Waals surface area (Å²) in [5.74, 6) is 0. The first-order valence-corrected chi connectivity index (χ1v) is 6.57. The Morgan fingerprint density at radius 3 is 2.67 bits per heavy atom. The number of hydrogen-bond acceptors (Lipinski definition) is 4. The number of nitro groups is 1. The number of para-hydroxylation sites is 1. The Bertz CT molecular complexity index is 636. The van der Waals surface area contributed by atoms with Gasteiger partial charge in [-0.2, -0.15) is 0 Å². The van der Waals surface area contributed by atoms with Crippen LogP contribution < -0.4 is 4.90 Å². The van der Waals surface area contributed by atoms with Crippen LogP contribution in [0.25, 0.3) is 0 Å². The van der Waals surface area contributed by atoms with Crippen LogP contribution in [-0.4, -0.2) is 22.9 Å². The largest absolute Gasteiger partial charge is 0.313 e. The summed E-state index contributed by atoms with van der Waals surface area (Å²) in [6.45, 7) is 0.170. The highest BCUT2D eigenvalue weighted by Crippen LogP contribution is 2.24. The van der Waals surface area contributed by atoms with Gasteiger partial charge in [-0.05, 0) is 12.1 Å². The molecule has 6 nitrogen and oxygen atoms in total. The molecule has 0 saturated carbocycles. The first kappa shape index (κ1) is 14.9. The van der Waals surface area contributed by atoms with Gasteiger partial charge in [-0.15, -0.1) is 11.6 Å². The van der Waals surface area contributed by atoms with Crippen LogP contribution in [-0.2, 0) is 4.79 Å². The SMILES string of the molecule is O=CN(CC(Cl)c1cc([N+](=O)[O-])ccn1)c1ccccc1. The fraction of sp³-hybridized carbons (Fsp3) is 0.143. The highest BCUT2D eigenvalue weighted by molar-refractivity contribution is 6.21. The third-order valence-corrected chi connectivity index (χ3v) is 3.23. The van der Waals surface area contributed by atoms with E-state index in [0.29, 0.717) is 17.8 Å². The summed E-state index contributed by atoms with van der Waals surface area (Å²) >= 11 is 6.22. The Kier molecular flexibility index (Phi) is 4.84. The van der Waals surface area contributed by atoms with Crippen molar-refractivity contribution in [3.8, 4) is 0 Å². The lowest BCUT2D eigenvalue weighted by molar-refractivity contribution is -0.385. The minimum absolute atomic E-state index is 0.0805. The number of nitrogens with zero attached hydrogens (tertiary/aromatic N) is 3. The van der Waals surface area contributed by atoms with E-state index in [-0.39, 0.29) is 12.2 Å². The van der Waals surface area contributed by atoms with E-state index in [1.807, 2.05) is 6.07 Å². The van der Waals surface area contributed by atoms with E-state index < -0.39 is 10.3 Å². The maximum absolute atomic E-state index is 11.2. The molecule has 0 aliphatic heterocycles. The number of aromatic nitrogens is 1. The molecule has 0 N–H and O–H groups in total. The lowest BCUT2D eigenvalue weighted by Crippen LogP contribution is -2.25. The van der Waals surface area contributed by atoms with Crippen LogP contribution in [0, 0.1) is 10.1 Å². The molecular weight excluding hydrogens is 294 g/mol. The molecule has 21 heavy (non-hydrogen) atoms. The monoisotopic (exact) mass is 305 g/mol. The fourth-order valence-electron chi connectivity index (χ4n) is 1.82. The molecule has 1 aromatic carbocycles. The van der Waals surface area contributed by atoms with Gasteiger partial charge >= 0.3 is 0 Å². The fourth-order valence-corrected chi connectivity index (χ4v) is 2.08. The predicted molar refractivity (Wildman–Crippen MR) is 79.3 cm³/mol. The van der Waals surface area contributed by atoms with E-state index in [1.54, 1.807) is 24.3 Å². The Labute approximate surface area is 126 Å². The molecule has 2 aromatic rings. The van der Waals surface area contributed by atoms with E-state index in [4.69, 9.17) is 11.6 Å². The third-order valence-electron chi connectivity index (χ3n) is 2.87. The number of anilines is 1. The molecular formula is C14H12ClN3O3. The molecule has 1 atom stereocenters. The highest BCUT2D eigenvalue weighted by atomic mass is 35.5. The highest BCUT2D eigenvalue weighted by Gasteiger charge is 2.17. The van der Waals surface area contributed by atoms with Gasteiger partial charge in [0.1, 0.15) is 0 Å². The minimum Gasteiger partial charge on any atom is -0.313 e. The molecule has 0 spiro atoms. The second kappa shape index (κ2) is 6.81. The second-order valence-corrected chi connectivity index (χ2v) is 4.78. The Balaban J connectivity index is 2.16. The molecule has 0 radical (unpaired) electrons. The van der Waals surface area contributed by atoms with Gasteiger partial charge in [0.15, 0.2) is 0 Å². The summed E-state index contributed by atoms with van der Waals surface area (Å²) in [7, 11) is 0. The van der Waals surface area contributed by atoms with E-state index in [9.17, 15) is 14.9 Å². The molecule has 0 aliphatic carbocycles. The van der Waals surface area contributed by atoms with Crippen molar-refractivity contribution in [1.29, 1.82) is 0 Å². The Morgan fingerprint density at radius 2 is 2.05 bits per heavy atom. The lowest BCUT2D eigenvalue weighted by Gasteiger charge is -2.20. The molecule has 2 rings (SSSR count). The number of rotatable bonds is 6. The van der Waals surface area contributed by atoms with Crippen LogP contribution in [0.4, 0.5) is 11.4 Å². The molecule has 0 saturated heterocycles. The van der Waals surface area contributed by atoms with Gasteiger partial charge in [0.2, 0.25) is 6.41 Å². The van der Waals surface area contributed by atoms with E-state index >= 15 is 0 Å². The Morgan fingerprint density at radius 1 is 1.33 bits per heavy atom. The predicted octanol–water partition coefficient (Wildman–Crippen LogP) is 2.93. The molecule has 0 aliphatic rings. The molecule has 1 unspecified atom stereocenters. The van der Waals surface area contributed by atoms with Crippen LogP contribution in [0.2, 0.25) is 0 Å². The van der Waals surface area contributed by atoms with Gasteiger partial charge < -0.3 is 4.90 Å². The molecule has 108 valence electrons. The summed E-state index contributed by atoms with van der Waals surface area (Å²) in [5, 5.41) is 10.1. The molecule has 1 aromatic heterocycles. The Hall–Kier alpha value is -2.47. The van der Waals surface area contributed by atoms with Crippen molar-refractivity contribution >= 4 is 29.4 Å². The van der Waals surface area contributed by atoms with Gasteiger partial charge in [-0.25, -0.2) is 0 Å². The van der Waals surface area contributed by atoms with Crippen LogP contribution in [0.3, 0.4) is 0 Å². The normalized spacial score (nSPS) is 11.7. The van der Waals surface area contributed by atoms with Gasteiger partial charge in [0.25, 0.3) is 5.69 Å². The van der Waals surface area contributed by atoms with E-state index in [0.717, 1.165) is 0 Å². The van der Waals surface area contributed by atoms with Gasteiger partial charge in [0.05, 0.1) is 16.0 Å². The maximum atomic E-state index is 11.2. The maximum Gasteiger partial charge on any atom is 0.272 e. The minimum atomic E-state index is -0.643. The summed E-state index contributed by atoms with van der Waals surface area (Å²) in [6, 6.07) is 11.6. The van der Waals surface area contributed by atoms with Crippen molar-refractivity contribution in [3.63, 3.8) is 0 Å². The van der Waals surface area contributed by atoms with Crippen molar-refractivity contribution in [2.24, 2.45) is 0 Å². The molecule has 0 fully saturated rings. The zero-order valence-electron chi connectivity index (χ0n) is 10.9. The van der Waals surface area contributed by atoms with Crippen molar-refractivity contribution in [2.75, 3.05) is 11.4 Å². The number of amides is 1. The third kappa shape index (κ3) is 3.76. The number of alkyl halides is 1. The summed E-state index contributed by atoms with van der Waals surface area (Å²) in [4.78, 5) is 26.9. The summed E-state index contributed by atoms with van der Waals surface area (Å²) in [6.07, 6.45) is 2.00. The molecule has 7 heteroatoms.